The van der Waals surface area contributed by atoms with Crippen LogP contribution in [0.3, 0.4) is 0 Å². The smallest absolute Gasteiger partial charge is 0.306 e. The van der Waals surface area contributed by atoms with Gasteiger partial charge in [0.2, 0.25) is 5.91 Å². The zero-order valence-corrected chi connectivity index (χ0v) is 21.0. The van der Waals surface area contributed by atoms with Crippen molar-refractivity contribution in [1.29, 1.82) is 0 Å². The van der Waals surface area contributed by atoms with Crippen LogP contribution in [0.4, 0.5) is 5.69 Å². The third-order valence-corrected chi connectivity index (χ3v) is 6.43. The molecule has 0 bridgehead atoms. The molecule has 7 nitrogen and oxygen atoms in total. The first-order valence-corrected chi connectivity index (χ1v) is 12.5. The first-order chi connectivity index (χ1) is 19.0. The summed E-state index contributed by atoms with van der Waals surface area (Å²) in [7, 11) is 0. The van der Waals surface area contributed by atoms with Crippen molar-refractivity contribution in [3.63, 3.8) is 0 Å². The summed E-state index contributed by atoms with van der Waals surface area (Å²) < 4.78 is 10.3. The third kappa shape index (κ3) is 6.27. The summed E-state index contributed by atoms with van der Waals surface area (Å²) in [6, 6.07) is 23.6. The molecule has 1 aliphatic carbocycles. The number of amides is 1. The molecular weight excluding hydrogens is 494 g/mol. The number of anilines is 1. The first-order valence-electron chi connectivity index (χ1n) is 12.5. The van der Waals surface area contributed by atoms with Gasteiger partial charge in [-0.3, -0.25) is 19.2 Å². The number of carbonyl (C=O) groups excluding carboxylic acids is 4. The van der Waals surface area contributed by atoms with Crippen molar-refractivity contribution in [2.45, 2.75) is 19.3 Å². The standard InChI is InChI=1S/C32H25NO6/c34-29(14-12-26-5-3-17-38-26)21-7-10-25(11-8-21)33-31(36)15-16-32(37)39-20-30(35)23-9-13-28-24(19-23)18-22-4-1-2-6-27(22)28/h1-14,17,19H,15-16,18,20H2,(H,33,36)/b14-12+. The van der Waals surface area contributed by atoms with Crippen LogP contribution in [0.5, 0.6) is 0 Å². The summed E-state index contributed by atoms with van der Waals surface area (Å²) in [5, 5.41) is 2.68. The Hall–Kier alpha value is -5.04. The van der Waals surface area contributed by atoms with Gasteiger partial charge in [0.1, 0.15) is 5.76 Å². The molecule has 0 spiro atoms. The summed E-state index contributed by atoms with van der Waals surface area (Å²) in [6.45, 7) is -0.379. The monoisotopic (exact) mass is 519 g/mol. The van der Waals surface area contributed by atoms with Crippen LogP contribution in [0.2, 0.25) is 0 Å². The van der Waals surface area contributed by atoms with E-state index in [2.05, 4.69) is 17.4 Å². The van der Waals surface area contributed by atoms with Crippen LogP contribution in [0, 0.1) is 0 Å². The quantitative estimate of drug-likeness (QED) is 0.140. The minimum absolute atomic E-state index is 0.101. The first kappa shape index (κ1) is 25.6. The van der Waals surface area contributed by atoms with Crippen molar-refractivity contribution in [2.75, 3.05) is 11.9 Å². The number of rotatable bonds is 10. The number of allylic oxidation sites excluding steroid dienone is 1. The number of ether oxygens (including phenoxy) is 1. The number of nitrogens with one attached hydrogen (secondary N) is 1. The van der Waals surface area contributed by atoms with E-state index in [1.165, 1.54) is 23.5 Å². The molecular formula is C32H25NO6. The Morgan fingerprint density at radius 3 is 2.38 bits per heavy atom. The number of Topliss-reactive ketones (excluding diaryl/α,β-unsaturated/α-hetero) is 1. The van der Waals surface area contributed by atoms with Gasteiger partial charge in [0.25, 0.3) is 0 Å². The number of ketones is 2. The van der Waals surface area contributed by atoms with Gasteiger partial charge in [-0.2, -0.15) is 0 Å². The second kappa shape index (κ2) is 11.6. The molecule has 0 atom stereocenters. The number of hydrogen-bond acceptors (Lipinski definition) is 6. The highest BCUT2D eigenvalue weighted by atomic mass is 16.5. The summed E-state index contributed by atoms with van der Waals surface area (Å²) in [6.07, 6.45) is 5.02. The van der Waals surface area contributed by atoms with E-state index in [4.69, 9.17) is 9.15 Å². The lowest BCUT2D eigenvalue weighted by molar-refractivity contribution is -0.143. The fourth-order valence-electron chi connectivity index (χ4n) is 4.42. The highest BCUT2D eigenvalue weighted by Gasteiger charge is 2.20. The highest BCUT2D eigenvalue weighted by Crippen LogP contribution is 2.36. The predicted molar refractivity (Wildman–Crippen MR) is 146 cm³/mol. The number of esters is 1. The number of fused-ring (bicyclic) bond motifs is 3. The van der Waals surface area contributed by atoms with Crippen LogP contribution in [0.25, 0.3) is 17.2 Å². The summed E-state index contributed by atoms with van der Waals surface area (Å²) in [5.41, 5.74) is 6.04. The lowest BCUT2D eigenvalue weighted by atomic mass is 10.0. The molecule has 1 N–H and O–H groups in total. The molecule has 1 aromatic heterocycles. The molecule has 4 aromatic rings. The molecule has 0 unspecified atom stereocenters. The van der Waals surface area contributed by atoms with Crippen molar-refractivity contribution in [2.24, 2.45) is 0 Å². The number of benzene rings is 3. The van der Waals surface area contributed by atoms with Gasteiger partial charge in [0, 0.05) is 23.2 Å². The number of carbonyl (C=O) groups is 4. The van der Waals surface area contributed by atoms with E-state index in [0.717, 1.165) is 17.5 Å². The predicted octanol–water partition coefficient (Wildman–Crippen LogP) is 5.89. The molecule has 1 heterocycles. The van der Waals surface area contributed by atoms with Gasteiger partial charge in [0.15, 0.2) is 18.2 Å². The van der Waals surface area contributed by atoms with E-state index in [1.807, 2.05) is 24.3 Å². The van der Waals surface area contributed by atoms with Crippen molar-refractivity contribution < 1.29 is 28.3 Å². The zero-order valence-electron chi connectivity index (χ0n) is 21.0. The highest BCUT2D eigenvalue weighted by molar-refractivity contribution is 6.07. The zero-order chi connectivity index (χ0) is 27.2. The molecule has 194 valence electrons. The second-order valence-electron chi connectivity index (χ2n) is 9.13. The molecule has 1 amide bonds. The molecule has 0 aliphatic heterocycles. The molecule has 1 aliphatic rings. The minimum Gasteiger partial charge on any atom is -0.465 e. The normalized spacial score (nSPS) is 11.6. The maximum atomic E-state index is 12.6. The summed E-state index contributed by atoms with van der Waals surface area (Å²) in [5.74, 6) is -0.930. The molecule has 0 fully saturated rings. The van der Waals surface area contributed by atoms with E-state index < -0.39 is 5.97 Å². The summed E-state index contributed by atoms with van der Waals surface area (Å²) >= 11 is 0. The SMILES string of the molecule is O=C(CCC(=O)OCC(=O)c1ccc2c(c1)Cc1ccccc1-2)Nc1ccc(C(=O)/C=C/c2ccco2)cc1. The van der Waals surface area contributed by atoms with Gasteiger partial charge in [-0.15, -0.1) is 0 Å². The average Bonchev–Trinajstić information content (AvgIpc) is 3.61. The minimum atomic E-state index is -0.628. The van der Waals surface area contributed by atoms with Gasteiger partial charge in [-0.25, -0.2) is 0 Å². The fourth-order valence-corrected chi connectivity index (χ4v) is 4.42. The Morgan fingerprint density at radius 2 is 1.59 bits per heavy atom. The van der Waals surface area contributed by atoms with Crippen molar-refractivity contribution in [1.82, 2.24) is 0 Å². The molecule has 39 heavy (non-hydrogen) atoms. The van der Waals surface area contributed by atoms with Crippen LogP contribution in [0.15, 0.2) is 95.6 Å². The Morgan fingerprint density at radius 1 is 0.821 bits per heavy atom. The Balaban J connectivity index is 1.05. The van der Waals surface area contributed by atoms with Crippen molar-refractivity contribution in [3.8, 4) is 11.1 Å². The molecule has 7 heteroatoms. The Kier molecular flexibility index (Phi) is 7.59. The van der Waals surface area contributed by atoms with E-state index in [9.17, 15) is 19.2 Å². The van der Waals surface area contributed by atoms with E-state index in [0.29, 0.717) is 22.6 Å². The fraction of sp³-hybridized carbons (Fsp3) is 0.125. The van der Waals surface area contributed by atoms with Crippen LogP contribution in [-0.4, -0.2) is 30.0 Å². The molecule has 0 saturated carbocycles. The van der Waals surface area contributed by atoms with Gasteiger partial charge in [0.05, 0.1) is 12.7 Å². The largest absolute Gasteiger partial charge is 0.465 e. The third-order valence-electron chi connectivity index (χ3n) is 6.43. The maximum Gasteiger partial charge on any atom is 0.306 e. The van der Waals surface area contributed by atoms with Gasteiger partial charge < -0.3 is 14.5 Å². The van der Waals surface area contributed by atoms with Crippen LogP contribution in [0.1, 0.15) is 50.4 Å². The Labute approximate surface area is 225 Å². The number of hydrogen-bond donors (Lipinski definition) is 1. The maximum absolute atomic E-state index is 12.6. The van der Waals surface area contributed by atoms with Crippen LogP contribution in [-0.2, 0) is 20.7 Å². The lowest BCUT2D eigenvalue weighted by Gasteiger charge is -2.07. The van der Waals surface area contributed by atoms with Crippen molar-refractivity contribution >= 4 is 35.2 Å². The van der Waals surface area contributed by atoms with E-state index in [-0.39, 0.29) is 36.9 Å². The number of furan rings is 1. The Bertz CT molecular complexity index is 1560. The van der Waals surface area contributed by atoms with E-state index >= 15 is 0 Å². The van der Waals surface area contributed by atoms with Gasteiger partial charge >= 0.3 is 5.97 Å². The van der Waals surface area contributed by atoms with Gasteiger partial charge in [-0.05, 0) is 83.3 Å². The topological polar surface area (TPSA) is 103 Å². The molecule has 0 radical (unpaired) electrons. The molecule has 0 saturated heterocycles. The van der Waals surface area contributed by atoms with Crippen LogP contribution < -0.4 is 5.32 Å². The van der Waals surface area contributed by atoms with Gasteiger partial charge in [-0.1, -0.05) is 36.4 Å². The van der Waals surface area contributed by atoms with E-state index in [1.54, 1.807) is 48.5 Å². The second-order valence-corrected chi connectivity index (χ2v) is 9.13. The molecule has 3 aromatic carbocycles. The lowest BCUT2D eigenvalue weighted by Crippen LogP contribution is -2.17. The van der Waals surface area contributed by atoms with Crippen LogP contribution >= 0.6 is 0 Å². The summed E-state index contributed by atoms with van der Waals surface area (Å²) in [4.78, 5) is 49.2. The average molecular weight is 520 g/mol. The molecule has 5 rings (SSSR count). The van der Waals surface area contributed by atoms with Crippen molar-refractivity contribution in [3.05, 3.63) is 119 Å².